The second-order valence-corrected chi connectivity index (χ2v) is 17.7. The number of ether oxygens (including phenoxy) is 3. The molecule has 0 amide bonds. The van der Waals surface area contributed by atoms with E-state index in [1.165, 1.54) is 89.9 Å². The van der Waals surface area contributed by atoms with E-state index in [1.807, 2.05) is 0 Å². The van der Waals surface area contributed by atoms with Gasteiger partial charge < -0.3 is 14.2 Å². The van der Waals surface area contributed by atoms with Crippen LogP contribution in [0.2, 0.25) is 0 Å². The summed E-state index contributed by atoms with van der Waals surface area (Å²) in [4.78, 5) is 25.5. The average molecular weight is 915 g/mol. The van der Waals surface area contributed by atoms with Gasteiger partial charge in [0.05, 0.1) is 6.61 Å². The maximum atomic E-state index is 12.8. The highest BCUT2D eigenvalue weighted by atomic mass is 16.6. The van der Waals surface area contributed by atoms with E-state index in [0.717, 1.165) is 116 Å². The summed E-state index contributed by atoms with van der Waals surface area (Å²) in [6.45, 7) is 7.51. The van der Waals surface area contributed by atoms with Crippen LogP contribution in [0.1, 0.15) is 239 Å². The van der Waals surface area contributed by atoms with Gasteiger partial charge in [-0.15, -0.1) is 0 Å². The van der Waals surface area contributed by atoms with Gasteiger partial charge in [-0.1, -0.05) is 214 Å². The zero-order valence-electron chi connectivity index (χ0n) is 43.2. The molecule has 0 aromatic carbocycles. The van der Waals surface area contributed by atoms with Crippen molar-refractivity contribution in [1.82, 2.24) is 0 Å². The molecule has 0 aliphatic rings. The number of hydrogen-bond donors (Lipinski definition) is 0. The van der Waals surface area contributed by atoms with Gasteiger partial charge in [-0.05, 0) is 122 Å². The Bertz CT molecular complexity index is 1310. The van der Waals surface area contributed by atoms with E-state index in [-0.39, 0.29) is 25.2 Å². The zero-order valence-corrected chi connectivity index (χ0v) is 43.2. The lowest BCUT2D eigenvalue weighted by Gasteiger charge is -2.18. The highest BCUT2D eigenvalue weighted by Gasteiger charge is 2.17. The fourth-order valence-corrected chi connectivity index (χ4v) is 7.25. The third-order valence-corrected chi connectivity index (χ3v) is 11.3. The first-order valence-electron chi connectivity index (χ1n) is 27.4. The van der Waals surface area contributed by atoms with Crippen LogP contribution in [0.5, 0.6) is 0 Å². The summed E-state index contributed by atoms with van der Waals surface area (Å²) in [5, 5.41) is 0. The molecule has 0 bridgehead atoms. The van der Waals surface area contributed by atoms with E-state index in [2.05, 4.69) is 130 Å². The largest absolute Gasteiger partial charge is 0.462 e. The third kappa shape index (κ3) is 53.2. The van der Waals surface area contributed by atoms with E-state index in [4.69, 9.17) is 14.2 Å². The number of carbonyl (C=O) groups is 2. The minimum Gasteiger partial charge on any atom is -0.462 e. The van der Waals surface area contributed by atoms with Gasteiger partial charge in [-0.3, -0.25) is 9.59 Å². The van der Waals surface area contributed by atoms with Gasteiger partial charge >= 0.3 is 11.9 Å². The molecular formula is C61H102O5. The number of hydrogen-bond acceptors (Lipinski definition) is 5. The molecule has 0 saturated heterocycles. The standard InChI is InChI=1S/C61H102O5/c1-4-7-10-13-16-19-22-25-28-30-32-35-38-41-44-47-50-53-56-64-57-59(66-61(63)55-52-49-46-43-40-37-33-27-24-21-18-15-12-9-6-3)58-65-60(62)54-51-48-45-42-39-36-34-31-29-26-23-20-17-14-11-8-5-2/h7,9-10,12,16-21,25-29,32-33,35,59H,4-6,8,11,13-15,22-24,30-31,34,36-58H2,1-3H3/b10-7-,12-9-,19-16-,20-17-,21-18-,28-25-,29-26-,33-27-,35-32-. The maximum Gasteiger partial charge on any atom is 0.306 e. The molecule has 1 atom stereocenters. The molecule has 0 aliphatic carbocycles. The van der Waals surface area contributed by atoms with E-state index >= 15 is 0 Å². The molecule has 0 spiro atoms. The molecule has 5 heteroatoms. The number of rotatable bonds is 49. The van der Waals surface area contributed by atoms with Crippen molar-refractivity contribution in [1.29, 1.82) is 0 Å². The van der Waals surface area contributed by atoms with E-state index < -0.39 is 6.10 Å². The third-order valence-electron chi connectivity index (χ3n) is 11.3. The molecular weight excluding hydrogens is 813 g/mol. The van der Waals surface area contributed by atoms with Crippen molar-refractivity contribution in [2.24, 2.45) is 0 Å². The first-order valence-corrected chi connectivity index (χ1v) is 27.4. The van der Waals surface area contributed by atoms with Crippen LogP contribution in [0.15, 0.2) is 109 Å². The summed E-state index contributed by atoms with van der Waals surface area (Å²) in [6, 6.07) is 0. The van der Waals surface area contributed by atoms with Crippen molar-refractivity contribution >= 4 is 11.9 Å². The number of unbranched alkanes of at least 4 members (excludes halogenated alkanes) is 20. The Hall–Kier alpha value is -3.44. The van der Waals surface area contributed by atoms with E-state index in [0.29, 0.717) is 19.4 Å². The first kappa shape index (κ1) is 62.6. The summed E-state index contributed by atoms with van der Waals surface area (Å²) in [7, 11) is 0. The topological polar surface area (TPSA) is 61.8 Å². The Balaban J connectivity index is 4.37. The monoisotopic (exact) mass is 915 g/mol. The highest BCUT2D eigenvalue weighted by molar-refractivity contribution is 5.70. The minimum atomic E-state index is -0.566. The normalized spacial score (nSPS) is 13.1. The molecule has 0 aromatic heterocycles. The molecule has 0 N–H and O–H groups in total. The molecule has 0 aromatic rings. The Morgan fingerprint density at radius 2 is 0.682 bits per heavy atom. The van der Waals surface area contributed by atoms with Crippen LogP contribution in [-0.2, 0) is 23.8 Å². The predicted octanol–water partition coefficient (Wildman–Crippen LogP) is 18.8. The molecule has 0 aliphatic heterocycles. The van der Waals surface area contributed by atoms with Crippen LogP contribution in [-0.4, -0.2) is 37.9 Å². The molecule has 0 rings (SSSR count). The molecule has 1 unspecified atom stereocenters. The number of esters is 2. The number of carbonyl (C=O) groups excluding carboxylic acids is 2. The predicted molar refractivity (Wildman–Crippen MR) is 288 cm³/mol. The van der Waals surface area contributed by atoms with Crippen LogP contribution >= 0.6 is 0 Å². The van der Waals surface area contributed by atoms with Gasteiger partial charge in [0, 0.05) is 19.4 Å². The second kappa shape index (κ2) is 55.9. The summed E-state index contributed by atoms with van der Waals surface area (Å²) in [6.07, 6.45) is 76.7. The Morgan fingerprint density at radius 1 is 0.348 bits per heavy atom. The van der Waals surface area contributed by atoms with Gasteiger partial charge in [0.2, 0.25) is 0 Å². The van der Waals surface area contributed by atoms with Crippen LogP contribution < -0.4 is 0 Å². The van der Waals surface area contributed by atoms with Crippen LogP contribution in [0.3, 0.4) is 0 Å². The Morgan fingerprint density at radius 3 is 1.09 bits per heavy atom. The maximum absolute atomic E-state index is 12.8. The van der Waals surface area contributed by atoms with Gasteiger partial charge in [-0.25, -0.2) is 0 Å². The summed E-state index contributed by atoms with van der Waals surface area (Å²) >= 11 is 0. The van der Waals surface area contributed by atoms with Crippen LogP contribution in [0, 0.1) is 0 Å². The molecule has 5 nitrogen and oxygen atoms in total. The van der Waals surface area contributed by atoms with Gasteiger partial charge in [-0.2, -0.15) is 0 Å². The summed E-state index contributed by atoms with van der Waals surface area (Å²) in [5.74, 6) is -0.439. The molecule has 0 fully saturated rings. The summed E-state index contributed by atoms with van der Waals surface area (Å²) in [5.41, 5.74) is 0. The fourth-order valence-electron chi connectivity index (χ4n) is 7.25. The van der Waals surface area contributed by atoms with Crippen molar-refractivity contribution in [3.8, 4) is 0 Å². The van der Waals surface area contributed by atoms with Gasteiger partial charge in [0.1, 0.15) is 6.61 Å². The van der Waals surface area contributed by atoms with Crippen LogP contribution in [0.25, 0.3) is 0 Å². The van der Waals surface area contributed by atoms with Crippen molar-refractivity contribution in [2.75, 3.05) is 19.8 Å². The average Bonchev–Trinajstić information content (AvgIpc) is 3.32. The number of allylic oxidation sites excluding steroid dienone is 18. The van der Waals surface area contributed by atoms with E-state index in [1.54, 1.807) is 0 Å². The minimum absolute atomic E-state index is 0.0603. The second-order valence-electron chi connectivity index (χ2n) is 17.7. The van der Waals surface area contributed by atoms with Gasteiger partial charge in [0.15, 0.2) is 6.10 Å². The van der Waals surface area contributed by atoms with Crippen molar-refractivity contribution in [3.05, 3.63) is 109 Å². The molecule has 376 valence electrons. The SMILES string of the molecule is CC/C=C\C/C=C\C/C=C\C/C=C\CCCCCCCOCC(COC(=O)CCCCCCCCC/C=C\C/C=C\CCCCC)OC(=O)CCCCCCC/C=C\C/C=C\C/C=C\CC. The Labute approximate surface area is 408 Å². The van der Waals surface area contributed by atoms with E-state index in [9.17, 15) is 9.59 Å². The quantitative estimate of drug-likeness (QED) is 0.0346. The lowest BCUT2D eigenvalue weighted by Crippen LogP contribution is -2.30. The van der Waals surface area contributed by atoms with Crippen molar-refractivity contribution in [3.63, 3.8) is 0 Å². The first-order chi connectivity index (χ1) is 32.6. The zero-order chi connectivity index (χ0) is 47.7. The Kier molecular flexibility index (Phi) is 53.0. The summed E-state index contributed by atoms with van der Waals surface area (Å²) < 4.78 is 17.4. The molecule has 0 radical (unpaired) electrons. The highest BCUT2D eigenvalue weighted by Crippen LogP contribution is 2.13. The smallest absolute Gasteiger partial charge is 0.306 e. The molecule has 0 saturated carbocycles. The lowest BCUT2D eigenvalue weighted by molar-refractivity contribution is -0.163. The van der Waals surface area contributed by atoms with Crippen LogP contribution in [0.4, 0.5) is 0 Å². The molecule has 0 heterocycles. The lowest BCUT2D eigenvalue weighted by atomic mass is 10.1. The fraction of sp³-hybridized carbons (Fsp3) is 0.672. The van der Waals surface area contributed by atoms with Gasteiger partial charge in [0.25, 0.3) is 0 Å². The van der Waals surface area contributed by atoms with Crippen molar-refractivity contribution < 1.29 is 23.8 Å². The molecule has 66 heavy (non-hydrogen) atoms. The van der Waals surface area contributed by atoms with Crippen molar-refractivity contribution in [2.45, 2.75) is 245 Å².